The van der Waals surface area contributed by atoms with E-state index in [9.17, 15) is 0 Å². The van der Waals surface area contributed by atoms with Crippen LogP contribution in [-0.2, 0) is 4.74 Å². The molecule has 2 nitrogen and oxygen atoms in total. The van der Waals surface area contributed by atoms with Crippen LogP contribution in [0.4, 0.5) is 0 Å². The van der Waals surface area contributed by atoms with Gasteiger partial charge in [0, 0.05) is 12.5 Å². The molecular formula is C6H9NO. The molecule has 1 atom stereocenters. The predicted molar refractivity (Wildman–Crippen MR) is 30.4 cm³/mol. The first-order valence-electron chi connectivity index (χ1n) is 2.97. The topological polar surface area (TPSA) is 21.3 Å². The van der Waals surface area contributed by atoms with Crippen LogP contribution in [0.1, 0.15) is 0 Å². The van der Waals surface area contributed by atoms with Crippen LogP contribution >= 0.6 is 0 Å². The van der Waals surface area contributed by atoms with E-state index in [1.165, 1.54) is 5.57 Å². The summed E-state index contributed by atoms with van der Waals surface area (Å²) in [5.41, 5.74) is 1.45. The molecule has 0 bridgehead atoms. The summed E-state index contributed by atoms with van der Waals surface area (Å²) < 4.78 is 5.20. The summed E-state index contributed by atoms with van der Waals surface area (Å²) in [6, 6.07) is 0. The molecule has 0 amide bonds. The Morgan fingerprint density at radius 1 is 1.75 bits per heavy atom. The van der Waals surface area contributed by atoms with Crippen molar-refractivity contribution >= 4 is 0 Å². The molecule has 0 aliphatic carbocycles. The first-order chi connectivity index (χ1) is 3.97. The molecule has 2 aliphatic rings. The van der Waals surface area contributed by atoms with Crippen LogP contribution in [0.5, 0.6) is 0 Å². The second kappa shape index (κ2) is 1.49. The van der Waals surface area contributed by atoms with Gasteiger partial charge in [0.15, 0.2) is 0 Å². The van der Waals surface area contributed by atoms with Crippen LogP contribution in [0.15, 0.2) is 11.8 Å². The standard InChI is InChI=1S/C6H9NO/c1-5-3-8-4-6(5)2-7-1/h1,6-7H,2-4H2. The van der Waals surface area contributed by atoms with E-state index >= 15 is 0 Å². The van der Waals surface area contributed by atoms with Crippen molar-refractivity contribution in [3.05, 3.63) is 11.8 Å². The van der Waals surface area contributed by atoms with Gasteiger partial charge in [-0.3, -0.25) is 0 Å². The van der Waals surface area contributed by atoms with E-state index in [4.69, 9.17) is 4.74 Å². The highest BCUT2D eigenvalue weighted by Crippen LogP contribution is 2.21. The van der Waals surface area contributed by atoms with Crippen LogP contribution in [-0.4, -0.2) is 19.8 Å². The second-order valence-electron chi connectivity index (χ2n) is 2.34. The van der Waals surface area contributed by atoms with Gasteiger partial charge in [-0.05, 0) is 11.8 Å². The maximum absolute atomic E-state index is 5.20. The Kier molecular flexibility index (Phi) is 0.815. The molecule has 0 aromatic heterocycles. The summed E-state index contributed by atoms with van der Waals surface area (Å²) in [6.45, 7) is 2.88. The molecular weight excluding hydrogens is 102 g/mol. The Hall–Kier alpha value is -0.500. The highest BCUT2D eigenvalue weighted by molar-refractivity contribution is 5.15. The van der Waals surface area contributed by atoms with Crippen molar-refractivity contribution in [3.63, 3.8) is 0 Å². The van der Waals surface area contributed by atoms with Crippen LogP contribution in [0, 0.1) is 5.92 Å². The third-order valence-corrected chi connectivity index (χ3v) is 1.76. The Morgan fingerprint density at radius 2 is 2.75 bits per heavy atom. The van der Waals surface area contributed by atoms with E-state index in [1.54, 1.807) is 0 Å². The summed E-state index contributed by atoms with van der Waals surface area (Å²) >= 11 is 0. The van der Waals surface area contributed by atoms with Gasteiger partial charge in [-0.1, -0.05) is 0 Å². The zero-order valence-electron chi connectivity index (χ0n) is 4.68. The van der Waals surface area contributed by atoms with Gasteiger partial charge in [-0.2, -0.15) is 0 Å². The van der Waals surface area contributed by atoms with Gasteiger partial charge in [0.2, 0.25) is 0 Å². The fourth-order valence-corrected chi connectivity index (χ4v) is 1.23. The Labute approximate surface area is 48.5 Å². The highest BCUT2D eigenvalue weighted by Gasteiger charge is 2.24. The van der Waals surface area contributed by atoms with Gasteiger partial charge in [0.05, 0.1) is 13.2 Å². The Balaban J connectivity index is 2.20. The molecule has 0 spiro atoms. The maximum atomic E-state index is 5.20. The average Bonchev–Trinajstić information content (AvgIpc) is 2.15. The van der Waals surface area contributed by atoms with Gasteiger partial charge in [-0.15, -0.1) is 0 Å². The second-order valence-corrected chi connectivity index (χ2v) is 2.34. The van der Waals surface area contributed by atoms with Gasteiger partial charge >= 0.3 is 0 Å². The molecule has 1 fully saturated rings. The summed E-state index contributed by atoms with van der Waals surface area (Å²) in [6.07, 6.45) is 2.08. The molecule has 8 heavy (non-hydrogen) atoms. The minimum atomic E-state index is 0.704. The quantitative estimate of drug-likeness (QED) is 0.479. The van der Waals surface area contributed by atoms with Crippen molar-refractivity contribution in [1.82, 2.24) is 5.32 Å². The molecule has 2 heteroatoms. The minimum absolute atomic E-state index is 0.704. The summed E-state index contributed by atoms with van der Waals surface area (Å²) in [7, 11) is 0. The molecule has 1 unspecified atom stereocenters. The molecule has 2 heterocycles. The molecule has 1 saturated heterocycles. The molecule has 0 aromatic rings. The van der Waals surface area contributed by atoms with Gasteiger partial charge in [0.1, 0.15) is 0 Å². The summed E-state index contributed by atoms with van der Waals surface area (Å²) in [4.78, 5) is 0. The molecule has 2 aliphatic heterocycles. The van der Waals surface area contributed by atoms with Crippen molar-refractivity contribution in [3.8, 4) is 0 Å². The van der Waals surface area contributed by atoms with Crippen LogP contribution in [0.25, 0.3) is 0 Å². The first-order valence-corrected chi connectivity index (χ1v) is 2.97. The van der Waals surface area contributed by atoms with E-state index in [2.05, 4.69) is 11.5 Å². The van der Waals surface area contributed by atoms with Crippen LogP contribution in [0.2, 0.25) is 0 Å². The lowest BCUT2D eigenvalue weighted by Crippen LogP contribution is -2.10. The van der Waals surface area contributed by atoms with E-state index in [0.717, 1.165) is 19.8 Å². The van der Waals surface area contributed by atoms with Crippen molar-refractivity contribution in [2.45, 2.75) is 0 Å². The van der Waals surface area contributed by atoms with Gasteiger partial charge in [0.25, 0.3) is 0 Å². The van der Waals surface area contributed by atoms with Crippen molar-refractivity contribution in [2.24, 2.45) is 5.92 Å². The minimum Gasteiger partial charge on any atom is -0.390 e. The van der Waals surface area contributed by atoms with Crippen LogP contribution in [0.3, 0.4) is 0 Å². The number of hydrogen-bond donors (Lipinski definition) is 1. The lowest BCUT2D eigenvalue weighted by molar-refractivity contribution is 0.187. The number of rotatable bonds is 0. The number of nitrogens with one attached hydrogen (secondary N) is 1. The van der Waals surface area contributed by atoms with Gasteiger partial charge in [-0.25, -0.2) is 0 Å². The molecule has 44 valence electrons. The zero-order chi connectivity index (χ0) is 5.40. The molecule has 0 aromatic carbocycles. The van der Waals surface area contributed by atoms with Gasteiger partial charge < -0.3 is 10.1 Å². The van der Waals surface area contributed by atoms with E-state index in [1.807, 2.05) is 0 Å². The van der Waals surface area contributed by atoms with E-state index in [0.29, 0.717) is 5.92 Å². The van der Waals surface area contributed by atoms with Crippen molar-refractivity contribution in [1.29, 1.82) is 0 Å². The SMILES string of the molecule is C1=C2COCC2CN1. The number of fused-ring (bicyclic) bond motifs is 1. The molecule has 1 N–H and O–H groups in total. The predicted octanol–water partition coefficient (Wildman–Crippen LogP) is 0.120. The fraction of sp³-hybridized carbons (Fsp3) is 0.667. The Morgan fingerprint density at radius 3 is 3.62 bits per heavy atom. The third-order valence-electron chi connectivity index (χ3n) is 1.76. The maximum Gasteiger partial charge on any atom is 0.0698 e. The van der Waals surface area contributed by atoms with E-state index < -0.39 is 0 Å². The lowest BCUT2D eigenvalue weighted by atomic mass is 10.1. The Bertz CT molecular complexity index is 130. The molecule has 0 radical (unpaired) electrons. The fourth-order valence-electron chi connectivity index (χ4n) is 1.23. The largest absolute Gasteiger partial charge is 0.390 e. The van der Waals surface area contributed by atoms with Crippen LogP contribution < -0.4 is 5.32 Å². The number of ether oxygens (including phenoxy) is 1. The lowest BCUT2D eigenvalue weighted by Gasteiger charge is -1.96. The highest BCUT2D eigenvalue weighted by atomic mass is 16.5. The number of hydrogen-bond acceptors (Lipinski definition) is 2. The average molecular weight is 111 g/mol. The molecule has 2 rings (SSSR count). The van der Waals surface area contributed by atoms with Crippen molar-refractivity contribution < 1.29 is 4.74 Å². The summed E-state index contributed by atoms with van der Waals surface area (Å²) in [5, 5.41) is 3.18. The monoisotopic (exact) mass is 111 g/mol. The normalized spacial score (nSPS) is 34.0. The smallest absolute Gasteiger partial charge is 0.0698 e. The zero-order valence-corrected chi connectivity index (χ0v) is 4.68. The molecule has 0 saturated carbocycles. The summed E-state index contributed by atoms with van der Waals surface area (Å²) in [5.74, 6) is 0.704. The first kappa shape index (κ1) is 4.39. The third kappa shape index (κ3) is 0.464. The van der Waals surface area contributed by atoms with Crippen molar-refractivity contribution in [2.75, 3.05) is 19.8 Å². The van der Waals surface area contributed by atoms with E-state index in [-0.39, 0.29) is 0 Å².